The highest BCUT2D eigenvalue weighted by molar-refractivity contribution is 9.10. The molecular formula is C12H18BrNO2S. The molecule has 0 aromatic heterocycles. The third-order valence-electron chi connectivity index (χ3n) is 2.54. The van der Waals surface area contributed by atoms with Crippen molar-refractivity contribution in [3.05, 3.63) is 34.3 Å². The zero-order chi connectivity index (χ0) is 12.9. The molecule has 0 heterocycles. The van der Waals surface area contributed by atoms with Gasteiger partial charge in [-0.1, -0.05) is 41.1 Å². The Labute approximate surface area is 112 Å². The van der Waals surface area contributed by atoms with Crippen molar-refractivity contribution in [3.8, 4) is 0 Å². The maximum absolute atomic E-state index is 11.4. The topological polar surface area (TPSA) is 46.2 Å². The number of halogens is 1. The van der Waals surface area contributed by atoms with Gasteiger partial charge in [0.2, 0.25) is 0 Å². The second-order valence-corrected chi connectivity index (χ2v) is 7.32. The van der Waals surface area contributed by atoms with Crippen LogP contribution in [-0.4, -0.2) is 26.0 Å². The van der Waals surface area contributed by atoms with Gasteiger partial charge in [0.1, 0.15) is 0 Å². The molecule has 1 unspecified atom stereocenters. The summed E-state index contributed by atoms with van der Waals surface area (Å²) in [7, 11) is -2.91. The van der Waals surface area contributed by atoms with E-state index in [1.54, 1.807) is 6.92 Å². The summed E-state index contributed by atoms with van der Waals surface area (Å²) in [4.78, 5) is 0. The van der Waals surface area contributed by atoms with Crippen LogP contribution in [0.1, 0.15) is 19.4 Å². The number of rotatable bonds is 6. The number of sulfone groups is 1. The molecule has 5 heteroatoms. The van der Waals surface area contributed by atoms with Crippen LogP contribution in [0.5, 0.6) is 0 Å². The van der Waals surface area contributed by atoms with Gasteiger partial charge in [-0.2, -0.15) is 0 Å². The first-order valence-electron chi connectivity index (χ1n) is 5.62. The van der Waals surface area contributed by atoms with Gasteiger partial charge in [-0.15, -0.1) is 0 Å². The van der Waals surface area contributed by atoms with E-state index < -0.39 is 9.84 Å². The van der Waals surface area contributed by atoms with Gasteiger partial charge in [0.25, 0.3) is 0 Å². The highest BCUT2D eigenvalue weighted by atomic mass is 79.9. The summed E-state index contributed by atoms with van der Waals surface area (Å²) >= 11 is 3.46. The molecule has 96 valence electrons. The maximum Gasteiger partial charge on any atom is 0.151 e. The smallest absolute Gasteiger partial charge is 0.151 e. The van der Waals surface area contributed by atoms with Gasteiger partial charge in [-0.3, -0.25) is 0 Å². The summed E-state index contributed by atoms with van der Waals surface area (Å²) in [6, 6.07) is 7.88. The molecular weight excluding hydrogens is 302 g/mol. The van der Waals surface area contributed by atoms with Crippen molar-refractivity contribution in [3.63, 3.8) is 0 Å². The molecule has 0 aliphatic rings. The summed E-state index contributed by atoms with van der Waals surface area (Å²) < 4.78 is 23.9. The van der Waals surface area contributed by atoms with Crippen LogP contribution in [0.25, 0.3) is 0 Å². The second-order valence-electron chi connectivity index (χ2n) is 4.07. The fraction of sp³-hybridized carbons (Fsp3) is 0.500. The van der Waals surface area contributed by atoms with Crippen molar-refractivity contribution in [1.29, 1.82) is 0 Å². The lowest BCUT2D eigenvalue weighted by molar-refractivity contribution is 0.557. The summed E-state index contributed by atoms with van der Waals surface area (Å²) in [6.45, 7) is 4.24. The Morgan fingerprint density at radius 2 is 2.00 bits per heavy atom. The van der Waals surface area contributed by atoms with Crippen LogP contribution in [0, 0.1) is 0 Å². The zero-order valence-electron chi connectivity index (χ0n) is 10.1. The lowest BCUT2D eigenvalue weighted by Crippen LogP contribution is -2.33. The standard InChI is InChI=1S/C12H18BrNO2S/c1-3-17(15,16)9-10(2)14-8-11-6-4-5-7-12(11)13/h4-7,10,14H,3,8-9H2,1-2H3. The van der Waals surface area contributed by atoms with E-state index in [4.69, 9.17) is 0 Å². The molecule has 17 heavy (non-hydrogen) atoms. The molecule has 0 saturated carbocycles. The summed E-state index contributed by atoms with van der Waals surface area (Å²) in [5, 5.41) is 3.22. The van der Waals surface area contributed by atoms with Gasteiger partial charge in [0.15, 0.2) is 9.84 Å². The average Bonchev–Trinajstić information content (AvgIpc) is 2.27. The van der Waals surface area contributed by atoms with Gasteiger partial charge in [0.05, 0.1) is 5.75 Å². The van der Waals surface area contributed by atoms with Gasteiger partial charge in [-0.05, 0) is 18.6 Å². The van der Waals surface area contributed by atoms with Crippen LogP contribution in [0.3, 0.4) is 0 Å². The van der Waals surface area contributed by atoms with E-state index in [-0.39, 0.29) is 17.5 Å². The van der Waals surface area contributed by atoms with E-state index in [0.717, 1.165) is 10.0 Å². The molecule has 1 aromatic rings. The molecule has 0 aliphatic heterocycles. The van der Waals surface area contributed by atoms with Crippen LogP contribution < -0.4 is 5.32 Å². The monoisotopic (exact) mass is 319 g/mol. The number of hydrogen-bond donors (Lipinski definition) is 1. The molecule has 0 fully saturated rings. The number of nitrogens with one attached hydrogen (secondary N) is 1. The molecule has 0 saturated heterocycles. The molecule has 0 aliphatic carbocycles. The lowest BCUT2D eigenvalue weighted by atomic mass is 10.2. The van der Waals surface area contributed by atoms with Crippen molar-refractivity contribution in [2.45, 2.75) is 26.4 Å². The van der Waals surface area contributed by atoms with Crippen molar-refractivity contribution in [1.82, 2.24) is 5.32 Å². The normalized spacial score (nSPS) is 13.6. The molecule has 1 rings (SSSR count). The van der Waals surface area contributed by atoms with E-state index in [2.05, 4.69) is 21.2 Å². The van der Waals surface area contributed by atoms with Gasteiger partial charge in [0, 0.05) is 22.8 Å². The van der Waals surface area contributed by atoms with Gasteiger partial charge >= 0.3 is 0 Å². The molecule has 0 spiro atoms. The summed E-state index contributed by atoms with van der Waals surface area (Å²) in [5.74, 6) is 0.391. The van der Waals surface area contributed by atoms with Crippen LogP contribution in [0.15, 0.2) is 28.7 Å². The van der Waals surface area contributed by atoms with E-state index in [1.807, 2.05) is 31.2 Å². The quantitative estimate of drug-likeness (QED) is 0.875. The van der Waals surface area contributed by atoms with Gasteiger partial charge in [-0.25, -0.2) is 8.42 Å². The minimum atomic E-state index is -2.91. The van der Waals surface area contributed by atoms with Crippen molar-refractivity contribution >= 4 is 25.8 Å². The van der Waals surface area contributed by atoms with Gasteiger partial charge < -0.3 is 5.32 Å². The average molecular weight is 320 g/mol. The number of hydrogen-bond acceptors (Lipinski definition) is 3. The first-order valence-corrected chi connectivity index (χ1v) is 8.23. The molecule has 3 nitrogen and oxygen atoms in total. The van der Waals surface area contributed by atoms with E-state index in [9.17, 15) is 8.42 Å². The second kappa shape index (κ2) is 6.52. The summed E-state index contributed by atoms with van der Waals surface area (Å²) in [6.07, 6.45) is 0. The highest BCUT2D eigenvalue weighted by Gasteiger charge is 2.13. The zero-order valence-corrected chi connectivity index (χ0v) is 12.5. The molecule has 1 aromatic carbocycles. The van der Waals surface area contributed by atoms with Crippen LogP contribution in [0.2, 0.25) is 0 Å². The Kier molecular flexibility index (Phi) is 5.62. The Bertz CT molecular complexity index is 459. The van der Waals surface area contributed by atoms with E-state index in [1.165, 1.54) is 0 Å². The molecule has 0 amide bonds. The molecule has 0 radical (unpaired) electrons. The third kappa shape index (κ3) is 5.19. The fourth-order valence-corrected chi connectivity index (χ4v) is 3.02. The lowest BCUT2D eigenvalue weighted by Gasteiger charge is -2.14. The molecule has 1 atom stereocenters. The SMILES string of the molecule is CCS(=O)(=O)CC(C)NCc1ccccc1Br. The van der Waals surface area contributed by atoms with Crippen LogP contribution in [0.4, 0.5) is 0 Å². The third-order valence-corrected chi connectivity index (χ3v) is 5.20. The highest BCUT2D eigenvalue weighted by Crippen LogP contribution is 2.15. The maximum atomic E-state index is 11.4. The van der Waals surface area contributed by atoms with Crippen molar-refractivity contribution < 1.29 is 8.42 Å². The largest absolute Gasteiger partial charge is 0.309 e. The Morgan fingerprint density at radius 1 is 1.35 bits per heavy atom. The first-order chi connectivity index (χ1) is 7.94. The predicted octanol–water partition coefficient (Wildman–Crippen LogP) is 2.36. The van der Waals surface area contributed by atoms with Crippen LogP contribution >= 0.6 is 15.9 Å². The van der Waals surface area contributed by atoms with Crippen molar-refractivity contribution in [2.24, 2.45) is 0 Å². The molecule has 1 N–H and O–H groups in total. The molecule has 0 bridgehead atoms. The minimum Gasteiger partial charge on any atom is -0.309 e. The Hall–Kier alpha value is -0.390. The number of benzene rings is 1. The predicted molar refractivity (Wildman–Crippen MR) is 74.8 cm³/mol. The Balaban J connectivity index is 2.49. The van der Waals surface area contributed by atoms with E-state index in [0.29, 0.717) is 6.54 Å². The first kappa shape index (κ1) is 14.7. The van der Waals surface area contributed by atoms with Crippen LogP contribution in [-0.2, 0) is 16.4 Å². The summed E-state index contributed by atoms with van der Waals surface area (Å²) in [5.41, 5.74) is 1.13. The fourth-order valence-electron chi connectivity index (χ4n) is 1.48. The van der Waals surface area contributed by atoms with Crippen molar-refractivity contribution in [2.75, 3.05) is 11.5 Å². The van der Waals surface area contributed by atoms with E-state index >= 15 is 0 Å². The minimum absolute atomic E-state index is 0.0351. The Morgan fingerprint density at radius 3 is 2.59 bits per heavy atom.